The lowest BCUT2D eigenvalue weighted by Crippen LogP contribution is -2.01. The Morgan fingerprint density at radius 2 is 0.837 bits per heavy atom. The largest absolute Gasteiger partial charge is 0.455 e. The summed E-state index contributed by atoms with van der Waals surface area (Å²) >= 11 is 0. The topological polar surface area (TPSA) is 51.8 Å². The van der Waals surface area contributed by atoms with Crippen molar-refractivity contribution in [3.05, 3.63) is 164 Å². The standard InChI is InChI=1S/C45H27N3O/c1-2-13-30(14-3-1)35-19-10-20-38-39-27-40(36-17-8-9-18-37(36)42(39)49-41(35)38)45-47-43(33-23-21-28-11-4-6-15-31(28)25-33)46-44(48-45)34-24-22-29-12-5-7-16-32(29)26-34/h1-27H. The van der Waals surface area contributed by atoms with Crippen molar-refractivity contribution in [3.63, 3.8) is 0 Å². The van der Waals surface area contributed by atoms with Crippen LogP contribution in [-0.2, 0) is 0 Å². The normalized spacial score (nSPS) is 11.7. The minimum absolute atomic E-state index is 0.619. The number of nitrogens with zero attached hydrogens (tertiary/aromatic N) is 3. The Balaban J connectivity index is 1.25. The van der Waals surface area contributed by atoms with Gasteiger partial charge in [0.25, 0.3) is 0 Å². The Bertz CT molecular complexity index is 2790. The van der Waals surface area contributed by atoms with E-state index in [0.29, 0.717) is 17.5 Å². The molecule has 2 aromatic heterocycles. The maximum Gasteiger partial charge on any atom is 0.164 e. The number of fused-ring (bicyclic) bond motifs is 7. The first-order chi connectivity index (χ1) is 24.3. The highest BCUT2D eigenvalue weighted by Gasteiger charge is 2.20. The van der Waals surface area contributed by atoms with Crippen molar-refractivity contribution in [2.75, 3.05) is 0 Å². The lowest BCUT2D eigenvalue weighted by atomic mass is 9.98. The van der Waals surface area contributed by atoms with E-state index in [1.807, 2.05) is 6.07 Å². The molecule has 8 aromatic carbocycles. The second-order valence-corrected chi connectivity index (χ2v) is 12.4. The molecule has 0 saturated heterocycles. The fraction of sp³-hybridized carbons (Fsp3) is 0. The third-order valence-corrected chi connectivity index (χ3v) is 9.48. The van der Waals surface area contributed by atoms with Crippen LogP contribution in [-0.4, -0.2) is 15.0 Å². The van der Waals surface area contributed by atoms with Crippen molar-refractivity contribution >= 4 is 54.3 Å². The van der Waals surface area contributed by atoms with Crippen LogP contribution in [0, 0.1) is 0 Å². The molecule has 0 spiro atoms. The number of rotatable bonds is 4. The molecule has 0 bridgehead atoms. The molecule has 0 unspecified atom stereocenters. The molecule has 10 aromatic rings. The molecule has 0 aliphatic heterocycles. The average molecular weight is 626 g/mol. The average Bonchev–Trinajstić information content (AvgIpc) is 3.56. The van der Waals surface area contributed by atoms with Crippen LogP contribution < -0.4 is 0 Å². The van der Waals surface area contributed by atoms with E-state index in [-0.39, 0.29) is 0 Å². The maximum absolute atomic E-state index is 6.76. The molecule has 0 atom stereocenters. The molecule has 0 aliphatic carbocycles. The third-order valence-electron chi connectivity index (χ3n) is 9.48. The fourth-order valence-electron chi connectivity index (χ4n) is 7.06. The SMILES string of the molecule is c1ccc(-c2cccc3c2oc2c4ccccc4c(-c4nc(-c5ccc6ccccc6c5)nc(-c5ccc6ccccc6c5)n4)cc32)cc1. The van der Waals surface area contributed by atoms with Crippen LogP contribution >= 0.6 is 0 Å². The minimum Gasteiger partial charge on any atom is -0.455 e. The summed E-state index contributed by atoms with van der Waals surface area (Å²) in [6.07, 6.45) is 0. The van der Waals surface area contributed by atoms with Gasteiger partial charge in [-0.05, 0) is 50.7 Å². The van der Waals surface area contributed by atoms with Crippen LogP contribution in [0.3, 0.4) is 0 Å². The van der Waals surface area contributed by atoms with Gasteiger partial charge in [0.15, 0.2) is 17.5 Å². The number of aromatic nitrogens is 3. The van der Waals surface area contributed by atoms with Gasteiger partial charge >= 0.3 is 0 Å². The van der Waals surface area contributed by atoms with Gasteiger partial charge in [-0.15, -0.1) is 0 Å². The van der Waals surface area contributed by atoms with E-state index in [0.717, 1.165) is 71.3 Å². The van der Waals surface area contributed by atoms with Gasteiger partial charge < -0.3 is 4.42 Å². The van der Waals surface area contributed by atoms with Gasteiger partial charge in [-0.25, -0.2) is 15.0 Å². The fourth-order valence-corrected chi connectivity index (χ4v) is 7.06. The Hall–Kier alpha value is -6.65. The van der Waals surface area contributed by atoms with Crippen molar-refractivity contribution in [1.29, 1.82) is 0 Å². The predicted molar refractivity (Wildman–Crippen MR) is 201 cm³/mol. The van der Waals surface area contributed by atoms with E-state index in [1.54, 1.807) is 0 Å². The summed E-state index contributed by atoms with van der Waals surface area (Å²) in [5.74, 6) is 1.88. The summed E-state index contributed by atoms with van der Waals surface area (Å²) < 4.78 is 6.76. The van der Waals surface area contributed by atoms with Crippen LogP contribution in [0.4, 0.5) is 0 Å². The number of benzene rings is 8. The van der Waals surface area contributed by atoms with Gasteiger partial charge in [0, 0.05) is 38.4 Å². The second-order valence-electron chi connectivity index (χ2n) is 12.4. The molecule has 228 valence electrons. The Labute approximate surface area is 282 Å². The molecular formula is C45H27N3O. The molecule has 49 heavy (non-hydrogen) atoms. The highest BCUT2D eigenvalue weighted by molar-refractivity contribution is 6.20. The molecule has 4 heteroatoms. The van der Waals surface area contributed by atoms with Gasteiger partial charge in [0.05, 0.1) is 0 Å². The van der Waals surface area contributed by atoms with Crippen molar-refractivity contribution < 1.29 is 4.42 Å². The summed E-state index contributed by atoms with van der Waals surface area (Å²) in [5, 5.41) is 8.76. The van der Waals surface area contributed by atoms with E-state index >= 15 is 0 Å². The summed E-state index contributed by atoms with van der Waals surface area (Å²) in [7, 11) is 0. The molecule has 0 saturated carbocycles. The van der Waals surface area contributed by atoms with Crippen LogP contribution in [0.2, 0.25) is 0 Å². The number of para-hydroxylation sites is 1. The Morgan fingerprint density at radius 3 is 1.51 bits per heavy atom. The molecule has 0 aliphatic rings. The summed E-state index contributed by atoms with van der Waals surface area (Å²) in [6, 6.07) is 56.9. The highest BCUT2D eigenvalue weighted by atomic mass is 16.3. The molecule has 2 heterocycles. The smallest absolute Gasteiger partial charge is 0.164 e. The first-order valence-electron chi connectivity index (χ1n) is 16.4. The zero-order valence-electron chi connectivity index (χ0n) is 26.3. The summed E-state index contributed by atoms with van der Waals surface area (Å²) in [5.41, 5.74) is 6.73. The molecule has 10 rings (SSSR count). The van der Waals surface area contributed by atoms with Crippen LogP contribution in [0.15, 0.2) is 168 Å². The van der Waals surface area contributed by atoms with Gasteiger partial charge in [-0.1, -0.05) is 146 Å². The van der Waals surface area contributed by atoms with Gasteiger partial charge in [0.2, 0.25) is 0 Å². The minimum atomic E-state index is 0.619. The van der Waals surface area contributed by atoms with Crippen LogP contribution in [0.1, 0.15) is 0 Å². The van der Waals surface area contributed by atoms with Gasteiger partial charge in [-0.3, -0.25) is 0 Å². The molecule has 0 radical (unpaired) electrons. The van der Waals surface area contributed by atoms with Crippen molar-refractivity contribution in [3.8, 4) is 45.3 Å². The zero-order valence-corrected chi connectivity index (χ0v) is 26.3. The van der Waals surface area contributed by atoms with E-state index in [4.69, 9.17) is 19.4 Å². The van der Waals surface area contributed by atoms with Crippen LogP contribution in [0.5, 0.6) is 0 Å². The van der Waals surface area contributed by atoms with E-state index in [9.17, 15) is 0 Å². The first kappa shape index (κ1) is 27.5. The quantitative estimate of drug-likeness (QED) is 0.195. The van der Waals surface area contributed by atoms with Crippen molar-refractivity contribution in [2.24, 2.45) is 0 Å². The zero-order chi connectivity index (χ0) is 32.3. The van der Waals surface area contributed by atoms with Crippen LogP contribution in [0.25, 0.3) is 99.5 Å². The van der Waals surface area contributed by atoms with E-state index in [1.165, 1.54) is 10.8 Å². The molecule has 4 nitrogen and oxygen atoms in total. The lowest BCUT2D eigenvalue weighted by molar-refractivity contribution is 0.674. The van der Waals surface area contributed by atoms with Crippen molar-refractivity contribution in [1.82, 2.24) is 15.0 Å². The second kappa shape index (κ2) is 11.0. The summed E-state index contributed by atoms with van der Waals surface area (Å²) in [4.78, 5) is 15.5. The first-order valence-corrected chi connectivity index (χ1v) is 16.4. The molecular weight excluding hydrogens is 599 g/mol. The van der Waals surface area contributed by atoms with Gasteiger partial charge in [0.1, 0.15) is 11.2 Å². The highest BCUT2D eigenvalue weighted by Crippen LogP contribution is 2.42. The number of hydrogen-bond acceptors (Lipinski definition) is 4. The lowest BCUT2D eigenvalue weighted by Gasteiger charge is -2.12. The number of furan rings is 1. The van der Waals surface area contributed by atoms with E-state index in [2.05, 4.69) is 158 Å². The monoisotopic (exact) mass is 625 g/mol. The number of hydrogen-bond donors (Lipinski definition) is 0. The van der Waals surface area contributed by atoms with Crippen molar-refractivity contribution in [2.45, 2.75) is 0 Å². The Kier molecular flexibility index (Phi) is 6.15. The molecule has 0 amide bonds. The predicted octanol–water partition coefficient (Wildman–Crippen LogP) is 11.9. The van der Waals surface area contributed by atoms with Gasteiger partial charge in [-0.2, -0.15) is 0 Å². The van der Waals surface area contributed by atoms with E-state index < -0.39 is 0 Å². The molecule has 0 fully saturated rings. The summed E-state index contributed by atoms with van der Waals surface area (Å²) in [6.45, 7) is 0. The molecule has 0 N–H and O–H groups in total. The maximum atomic E-state index is 6.76. The third kappa shape index (κ3) is 4.57. The Morgan fingerprint density at radius 1 is 0.306 bits per heavy atom.